The zero-order chi connectivity index (χ0) is 10.1. The maximum Gasteiger partial charge on any atom is 0.166 e. The van der Waals surface area contributed by atoms with E-state index < -0.39 is 6.23 Å². The molecule has 0 aliphatic carbocycles. The first-order chi connectivity index (χ1) is 6.66. The lowest BCUT2D eigenvalue weighted by Crippen LogP contribution is -2.38. The van der Waals surface area contributed by atoms with Crippen LogP contribution < -0.4 is 10.4 Å². The van der Waals surface area contributed by atoms with Crippen LogP contribution in [0.1, 0.15) is 12.5 Å². The van der Waals surface area contributed by atoms with Crippen molar-refractivity contribution in [2.45, 2.75) is 20.1 Å². The number of aliphatic hydroxyl groups excluding tert-OH is 1. The number of hydrogen-bond donors (Lipinski definition) is 2. The Morgan fingerprint density at radius 2 is 2.14 bits per heavy atom. The van der Waals surface area contributed by atoms with E-state index in [0.717, 1.165) is 11.4 Å². The maximum atomic E-state index is 9.69. The summed E-state index contributed by atoms with van der Waals surface area (Å²) in [5.41, 5.74) is 6.22. The summed E-state index contributed by atoms with van der Waals surface area (Å²) in [6.07, 6.45) is 1.21. The summed E-state index contributed by atoms with van der Waals surface area (Å²) in [4.78, 5) is 0. The third kappa shape index (κ3) is 1.59. The van der Waals surface area contributed by atoms with Gasteiger partial charge in [-0.15, -0.1) is 0 Å². The van der Waals surface area contributed by atoms with Gasteiger partial charge < -0.3 is 10.5 Å². The molecule has 2 rings (SSSR count). The van der Waals surface area contributed by atoms with Crippen molar-refractivity contribution in [3.05, 3.63) is 41.6 Å². The summed E-state index contributed by atoms with van der Waals surface area (Å²) in [6.45, 7) is 3.96. The highest BCUT2D eigenvalue weighted by atomic mass is 16.3. The molecule has 0 unspecified atom stereocenters. The molecule has 0 aromatic heterocycles. The van der Waals surface area contributed by atoms with Crippen molar-refractivity contribution >= 4 is 5.69 Å². The smallest absolute Gasteiger partial charge is 0.166 e. The molecule has 0 radical (unpaired) electrons. The number of hydrazine groups is 1. The topological polar surface area (TPSA) is 35.5 Å². The van der Waals surface area contributed by atoms with E-state index in [0.29, 0.717) is 0 Å². The van der Waals surface area contributed by atoms with E-state index in [9.17, 15) is 5.11 Å². The summed E-state index contributed by atoms with van der Waals surface area (Å²) < 4.78 is 0. The van der Waals surface area contributed by atoms with Crippen LogP contribution in [-0.2, 0) is 0 Å². The SMILES string of the molecule is CC1=C[C@H](O)N(c2cccc(C)c2)N1. The Bertz CT molecular complexity index is 373. The molecular formula is C11H14N2O. The molecule has 0 amide bonds. The van der Waals surface area contributed by atoms with E-state index in [-0.39, 0.29) is 0 Å². The van der Waals surface area contributed by atoms with Crippen LogP contribution in [0, 0.1) is 6.92 Å². The molecule has 1 aliphatic rings. The monoisotopic (exact) mass is 190 g/mol. The fraction of sp³-hybridized carbons (Fsp3) is 0.273. The van der Waals surface area contributed by atoms with E-state index >= 15 is 0 Å². The number of hydrogen-bond acceptors (Lipinski definition) is 3. The fourth-order valence-corrected chi connectivity index (χ4v) is 1.59. The molecule has 1 aliphatic heterocycles. The first-order valence-electron chi connectivity index (χ1n) is 4.66. The molecule has 0 bridgehead atoms. The van der Waals surface area contributed by atoms with Gasteiger partial charge in [0.1, 0.15) is 0 Å². The lowest BCUT2D eigenvalue weighted by Gasteiger charge is -2.23. The lowest BCUT2D eigenvalue weighted by molar-refractivity contribution is 0.218. The second-order valence-corrected chi connectivity index (χ2v) is 3.58. The minimum Gasteiger partial charge on any atom is -0.368 e. The van der Waals surface area contributed by atoms with Gasteiger partial charge in [0.15, 0.2) is 6.23 Å². The van der Waals surface area contributed by atoms with Crippen LogP contribution in [0.5, 0.6) is 0 Å². The summed E-state index contributed by atoms with van der Waals surface area (Å²) >= 11 is 0. The predicted octanol–water partition coefficient (Wildman–Crippen LogP) is 1.54. The van der Waals surface area contributed by atoms with E-state index in [1.807, 2.05) is 38.1 Å². The zero-order valence-corrected chi connectivity index (χ0v) is 8.36. The van der Waals surface area contributed by atoms with E-state index in [4.69, 9.17) is 0 Å². The van der Waals surface area contributed by atoms with E-state index in [1.54, 1.807) is 11.1 Å². The van der Waals surface area contributed by atoms with Gasteiger partial charge in [0, 0.05) is 5.70 Å². The number of rotatable bonds is 1. The maximum absolute atomic E-state index is 9.69. The molecule has 1 atom stereocenters. The van der Waals surface area contributed by atoms with Crippen LogP contribution in [0.25, 0.3) is 0 Å². The molecule has 0 saturated heterocycles. The van der Waals surface area contributed by atoms with Gasteiger partial charge in [-0.2, -0.15) is 0 Å². The largest absolute Gasteiger partial charge is 0.368 e. The average Bonchev–Trinajstić information content (AvgIpc) is 2.45. The van der Waals surface area contributed by atoms with E-state index in [2.05, 4.69) is 5.43 Å². The van der Waals surface area contributed by atoms with Crippen LogP contribution >= 0.6 is 0 Å². The molecular weight excluding hydrogens is 176 g/mol. The summed E-state index contributed by atoms with van der Waals surface area (Å²) in [7, 11) is 0. The predicted molar refractivity (Wildman–Crippen MR) is 56.6 cm³/mol. The summed E-state index contributed by atoms with van der Waals surface area (Å²) in [6, 6.07) is 8.01. The molecule has 0 fully saturated rings. The average molecular weight is 190 g/mol. The van der Waals surface area contributed by atoms with Crippen molar-refractivity contribution in [1.82, 2.24) is 5.43 Å². The Morgan fingerprint density at radius 1 is 1.36 bits per heavy atom. The second-order valence-electron chi connectivity index (χ2n) is 3.58. The Morgan fingerprint density at radius 3 is 2.71 bits per heavy atom. The zero-order valence-electron chi connectivity index (χ0n) is 8.36. The van der Waals surface area contributed by atoms with Gasteiger partial charge in [-0.3, -0.25) is 5.01 Å². The van der Waals surface area contributed by atoms with Crippen molar-refractivity contribution in [1.29, 1.82) is 0 Å². The van der Waals surface area contributed by atoms with Crippen molar-refractivity contribution in [3.8, 4) is 0 Å². The number of allylic oxidation sites excluding steroid dienone is 1. The minimum atomic E-state index is -0.572. The first-order valence-corrected chi connectivity index (χ1v) is 4.66. The molecule has 0 saturated carbocycles. The molecule has 2 N–H and O–H groups in total. The minimum absolute atomic E-state index is 0.572. The Labute approximate surface area is 83.6 Å². The first kappa shape index (κ1) is 9.09. The van der Waals surface area contributed by atoms with Crippen molar-refractivity contribution in [3.63, 3.8) is 0 Å². The highest BCUT2D eigenvalue weighted by Gasteiger charge is 2.20. The van der Waals surface area contributed by atoms with E-state index in [1.165, 1.54) is 5.56 Å². The van der Waals surface area contributed by atoms with Gasteiger partial charge in [0.25, 0.3) is 0 Å². The van der Waals surface area contributed by atoms with Gasteiger partial charge in [0.2, 0.25) is 0 Å². The number of aryl methyl sites for hydroxylation is 1. The van der Waals surface area contributed by atoms with Crippen LogP contribution in [0.4, 0.5) is 5.69 Å². The Balaban J connectivity index is 2.25. The lowest BCUT2D eigenvalue weighted by atomic mass is 10.2. The van der Waals surface area contributed by atoms with Gasteiger partial charge in [-0.1, -0.05) is 12.1 Å². The van der Waals surface area contributed by atoms with Crippen molar-refractivity contribution in [2.75, 3.05) is 5.01 Å². The van der Waals surface area contributed by atoms with Crippen LogP contribution in [-0.4, -0.2) is 11.3 Å². The third-order valence-corrected chi connectivity index (χ3v) is 2.24. The van der Waals surface area contributed by atoms with Crippen LogP contribution in [0.2, 0.25) is 0 Å². The number of aliphatic hydroxyl groups is 1. The highest BCUT2D eigenvalue weighted by Crippen LogP contribution is 2.20. The number of benzene rings is 1. The molecule has 1 aromatic rings. The van der Waals surface area contributed by atoms with Crippen molar-refractivity contribution < 1.29 is 5.11 Å². The molecule has 1 heterocycles. The van der Waals surface area contributed by atoms with Gasteiger partial charge >= 0.3 is 0 Å². The standard InChI is InChI=1S/C11H14N2O/c1-8-4-3-5-10(6-8)13-11(14)7-9(2)12-13/h3-7,11-12,14H,1-2H3/t11-/m0/s1. The number of nitrogens with zero attached hydrogens (tertiary/aromatic N) is 1. The molecule has 0 spiro atoms. The molecule has 74 valence electrons. The van der Waals surface area contributed by atoms with Gasteiger partial charge in [-0.05, 0) is 37.6 Å². The quantitative estimate of drug-likeness (QED) is 0.705. The Kier molecular flexibility index (Phi) is 2.17. The number of nitrogens with one attached hydrogen (secondary N) is 1. The van der Waals surface area contributed by atoms with Crippen molar-refractivity contribution in [2.24, 2.45) is 0 Å². The molecule has 3 heteroatoms. The highest BCUT2D eigenvalue weighted by molar-refractivity contribution is 5.50. The molecule has 1 aromatic carbocycles. The summed E-state index contributed by atoms with van der Waals surface area (Å²) in [5.74, 6) is 0. The normalized spacial score (nSPS) is 20.6. The van der Waals surface area contributed by atoms with Crippen LogP contribution in [0.3, 0.4) is 0 Å². The summed E-state index contributed by atoms with van der Waals surface area (Å²) in [5, 5.41) is 11.4. The van der Waals surface area contributed by atoms with Crippen LogP contribution in [0.15, 0.2) is 36.0 Å². The molecule has 3 nitrogen and oxygen atoms in total. The fourth-order valence-electron chi connectivity index (χ4n) is 1.59. The number of anilines is 1. The second kappa shape index (κ2) is 3.35. The Hall–Kier alpha value is -1.48. The molecule has 14 heavy (non-hydrogen) atoms. The van der Waals surface area contributed by atoms with Gasteiger partial charge in [0.05, 0.1) is 5.69 Å². The van der Waals surface area contributed by atoms with Gasteiger partial charge in [-0.25, -0.2) is 0 Å². The third-order valence-electron chi connectivity index (χ3n) is 2.24.